The van der Waals surface area contributed by atoms with Gasteiger partial charge in [0.05, 0.1) is 7.11 Å². The molecule has 11 heteroatoms. The van der Waals surface area contributed by atoms with Gasteiger partial charge in [0.15, 0.2) is 18.1 Å². The zero-order chi connectivity index (χ0) is 25.5. The van der Waals surface area contributed by atoms with E-state index in [4.69, 9.17) is 15.2 Å². The first-order valence-corrected chi connectivity index (χ1v) is 10.4. The highest BCUT2D eigenvalue weighted by atomic mass is 16.5. The summed E-state index contributed by atoms with van der Waals surface area (Å²) in [6.07, 6.45) is 0.655. The maximum Gasteiger partial charge on any atom is 0.342 e. The SMILES string of the molecule is COc1cc(-c2c(C(=O)O)c(N)[nH]c(=O)c2C(=O)O)ccc1OCC(=O)NCCc1ccccc1. The van der Waals surface area contributed by atoms with Crippen molar-refractivity contribution in [3.63, 3.8) is 0 Å². The predicted octanol–water partition coefficient (Wildman–Crippen LogP) is 1.77. The molecule has 0 saturated heterocycles. The summed E-state index contributed by atoms with van der Waals surface area (Å²) in [4.78, 5) is 49.9. The number of nitrogens with one attached hydrogen (secondary N) is 2. The van der Waals surface area contributed by atoms with Gasteiger partial charge in [-0.25, -0.2) is 9.59 Å². The Labute approximate surface area is 199 Å². The molecule has 3 aromatic rings. The van der Waals surface area contributed by atoms with Crippen LogP contribution in [0.3, 0.4) is 0 Å². The summed E-state index contributed by atoms with van der Waals surface area (Å²) >= 11 is 0. The molecule has 0 aliphatic rings. The van der Waals surface area contributed by atoms with Crippen LogP contribution < -0.4 is 26.1 Å². The topological polar surface area (TPSA) is 181 Å². The number of nitrogens with two attached hydrogens (primary N) is 1. The van der Waals surface area contributed by atoms with Crippen LogP contribution in [0.4, 0.5) is 5.82 Å². The number of benzene rings is 2. The summed E-state index contributed by atoms with van der Waals surface area (Å²) in [5.41, 5.74) is 3.99. The summed E-state index contributed by atoms with van der Waals surface area (Å²) < 4.78 is 10.8. The van der Waals surface area contributed by atoms with Gasteiger partial charge >= 0.3 is 11.9 Å². The molecule has 11 nitrogen and oxygen atoms in total. The molecule has 2 aromatic carbocycles. The van der Waals surface area contributed by atoms with E-state index in [9.17, 15) is 29.4 Å². The number of H-pyrrole nitrogens is 1. The third-order valence-corrected chi connectivity index (χ3v) is 5.06. The highest BCUT2D eigenvalue weighted by molar-refractivity contribution is 6.07. The van der Waals surface area contributed by atoms with Crippen molar-refractivity contribution in [3.05, 3.63) is 75.6 Å². The van der Waals surface area contributed by atoms with Crippen LogP contribution in [0.25, 0.3) is 11.1 Å². The lowest BCUT2D eigenvalue weighted by atomic mass is 9.95. The fraction of sp³-hybridized carbons (Fsp3) is 0.167. The molecule has 0 radical (unpaired) electrons. The van der Waals surface area contributed by atoms with Crippen molar-refractivity contribution in [1.29, 1.82) is 0 Å². The maximum absolute atomic E-state index is 12.2. The molecule has 1 aromatic heterocycles. The molecule has 0 spiro atoms. The van der Waals surface area contributed by atoms with Gasteiger partial charge in [-0.05, 0) is 29.7 Å². The van der Waals surface area contributed by atoms with Gasteiger partial charge in [-0.2, -0.15) is 0 Å². The quantitative estimate of drug-likeness (QED) is 0.288. The van der Waals surface area contributed by atoms with E-state index in [-0.39, 0.29) is 35.1 Å². The highest BCUT2D eigenvalue weighted by Gasteiger charge is 2.27. The number of methoxy groups -OCH3 is 1. The Balaban J connectivity index is 1.81. The monoisotopic (exact) mass is 481 g/mol. The van der Waals surface area contributed by atoms with Crippen LogP contribution in [-0.2, 0) is 11.2 Å². The number of ether oxygens (including phenoxy) is 2. The van der Waals surface area contributed by atoms with E-state index < -0.39 is 34.4 Å². The Kier molecular flexibility index (Phi) is 7.72. The molecule has 1 amide bonds. The number of nitrogen functional groups attached to an aromatic ring is 1. The first kappa shape index (κ1) is 24.8. The van der Waals surface area contributed by atoms with Crippen LogP contribution in [0.5, 0.6) is 11.5 Å². The summed E-state index contributed by atoms with van der Waals surface area (Å²) in [6, 6.07) is 13.7. The number of aromatic nitrogens is 1. The van der Waals surface area contributed by atoms with Crippen LogP contribution in [0, 0.1) is 0 Å². The number of carbonyl (C=O) groups excluding carboxylic acids is 1. The van der Waals surface area contributed by atoms with Crippen molar-refractivity contribution in [2.45, 2.75) is 6.42 Å². The molecule has 0 aliphatic carbocycles. The van der Waals surface area contributed by atoms with Crippen LogP contribution in [0.15, 0.2) is 53.3 Å². The standard InChI is InChI=1S/C24H23N3O8/c1-34-16-11-14(18-19(23(30)31)21(25)27-22(29)20(18)24(32)33)7-8-15(16)35-12-17(28)26-10-9-13-5-3-2-4-6-13/h2-8,11H,9-10,12H2,1H3,(H,26,28)(H,30,31)(H,32,33)(H3,25,27,29). The number of hydrogen-bond donors (Lipinski definition) is 5. The van der Waals surface area contributed by atoms with Crippen molar-refractivity contribution < 1.29 is 34.1 Å². The predicted molar refractivity (Wildman–Crippen MR) is 126 cm³/mol. The van der Waals surface area contributed by atoms with Crippen LogP contribution >= 0.6 is 0 Å². The molecular formula is C24H23N3O8. The smallest absolute Gasteiger partial charge is 0.342 e. The van der Waals surface area contributed by atoms with Crippen molar-refractivity contribution in [1.82, 2.24) is 10.3 Å². The highest BCUT2D eigenvalue weighted by Crippen LogP contribution is 2.36. The van der Waals surface area contributed by atoms with Crippen molar-refractivity contribution >= 4 is 23.7 Å². The number of pyridine rings is 1. The van der Waals surface area contributed by atoms with E-state index in [1.165, 1.54) is 25.3 Å². The number of hydrogen-bond acceptors (Lipinski definition) is 7. The van der Waals surface area contributed by atoms with Gasteiger partial charge in [0.2, 0.25) is 0 Å². The van der Waals surface area contributed by atoms with Crippen molar-refractivity contribution in [3.8, 4) is 22.6 Å². The van der Waals surface area contributed by atoms with E-state index >= 15 is 0 Å². The second kappa shape index (κ2) is 10.9. The van der Waals surface area contributed by atoms with Crippen LogP contribution in [0.1, 0.15) is 26.3 Å². The van der Waals surface area contributed by atoms with E-state index in [2.05, 4.69) is 5.32 Å². The summed E-state index contributed by atoms with van der Waals surface area (Å²) in [5.74, 6) is -3.77. The number of carboxylic acid groups (broad SMARTS) is 2. The lowest BCUT2D eigenvalue weighted by Crippen LogP contribution is -2.30. The van der Waals surface area contributed by atoms with Gasteiger partial charge in [-0.1, -0.05) is 36.4 Å². The average molecular weight is 481 g/mol. The third kappa shape index (κ3) is 5.77. The Morgan fingerprint density at radius 1 is 1.00 bits per heavy atom. The van der Waals surface area contributed by atoms with Gasteiger partial charge < -0.3 is 35.7 Å². The maximum atomic E-state index is 12.2. The van der Waals surface area contributed by atoms with Crippen LogP contribution in [0.2, 0.25) is 0 Å². The first-order valence-electron chi connectivity index (χ1n) is 10.4. The number of rotatable bonds is 10. The third-order valence-electron chi connectivity index (χ3n) is 5.06. The summed E-state index contributed by atoms with van der Waals surface area (Å²) in [6.45, 7) is 0.103. The van der Waals surface area contributed by atoms with Gasteiger partial charge in [0.25, 0.3) is 11.5 Å². The Bertz CT molecular complexity index is 1320. The van der Waals surface area contributed by atoms with Gasteiger partial charge in [0.1, 0.15) is 16.9 Å². The minimum atomic E-state index is -1.63. The molecule has 0 unspecified atom stereocenters. The van der Waals surface area contributed by atoms with Crippen molar-refractivity contribution in [2.24, 2.45) is 0 Å². The largest absolute Gasteiger partial charge is 0.493 e. The van der Waals surface area contributed by atoms with Crippen LogP contribution in [-0.4, -0.2) is 53.3 Å². The molecule has 182 valence electrons. The average Bonchev–Trinajstić information content (AvgIpc) is 2.82. The molecular weight excluding hydrogens is 458 g/mol. The van der Waals surface area contributed by atoms with E-state index in [1.807, 2.05) is 35.3 Å². The lowest BCUT2D eigenvalue weighted by molar-refractivity contribution is -0.123. The van der Waals surface area contributed by atoms with Gasteiger partial charge in [-0.3, -0.25) is 9.59 Å². The number of amides is 1. The molecule has 3 rings (SSSR count). The molecule has 35 heavy (non-hydrogen) atoms. The number of aromatic amines is 1. The second-order valence-electron chi connectivity index (χ2n) is 7.34. The fourth-order valence-electron chi connectivity index (χ4n) is 3.46. The molecule has 6 N–H and O–H groups in total. The second-order valence-corrected chi connectivity index (χ2v) is 7.34. The Morgan fingerprint density at radius 3 is 2.31 bits per heavy atom. The Morgan fingerprint density at radius 2 is 1.69 bits per heavy atom. The van der Waals surface area contributed by atoms with E-state index in [0.29, 0.717) is 13.0 Å². The summed E-state index contributed by atoms with van der Waals surface area (Å²) in [7, 11) is 1.31. The fourth-order valence-corrected chi connectivity index (χ4v) is 3.46. The molecule has 0 atom stereocenters. The Hall–Kier alpha value is -4.80. The zero-order valence-electron chi connectivity index (χ0n) is 18.7. The lowest BCUT2D eigenvalue weighted by Gasteiger charge is -2.15. The molecule has 0 aliphatic heterocycles. The number of aromatic carboxylic acids is 2. The molecule has 1 heterocycles. The number of carbonyl (C=O) groups is 3. The molecule has 0 saturated carbocycles. The molecule has 0 bridgehead atoms. The number of anilines is 1. The van der Waals surface area contributed by atoms with E-state index in [0.717, 1.165) is 5.56 Å². The zero-order valence-corrected chi connectivity index (χ0v) is 18.7. The van der Waals surface area contributed by atoms with E-state index in [1.54, 1.807) is 0 Å². The summed E-state index contributed by atoms with van der Waals surface area (Å²) in [5, 5.41) is 21.8. The minimum Gasteiger partial charge on any atom is -0.493 e. The minimum absolute atomic E-state index is 0.0501. The molecule has 0 fully saturated rings. The van der Waals surface area contributed by atoms with Gasteiger partial charge in [-0.15, -0.1) is 0 Å². The normalized spacial score (nSPS) is 10.4. The van der Waals surface area contributed by atoms with Gasteiger partial charge in [0, 0.05) is 12.1 Å². The first-order chi connectivity index (χ1) is 16.7. The number of carboxylic acids is 2. The van der Waals surface area contributed by atoms with Crippen molar-refractivity contribution in [2.75, 3.05) is 26.0 Å².